The second-order valence-electron chi connectivity index (χ2n) is 3.61. The molecule has 1 aromatic carbocycles. The molecule has 0 spiro atoms. The maximum atomic E-state index is 6.27. The van der Waals surface area contributed by atoms with Gasteiger partial charge in [-0.25, -0.2) is 0 Å². The average molecular weight is 312 g/mol. The van der Waals surface area contributed by atoms with Gasteiger partial charge in [0.2, 0.25) is 0 Å². The molecule has 0 aliphatic heterocycles. The number of nitrogens with two attached hydrogens (primary N) is 1. The summed E-state index contributed by atoms with van der Waals surface area (Å²) in [6.07, 6.45) is 0. The number of hydrogen-bond acceptors (Lipinski definition) is 3. The molecule has 0 fully saturated rings. The Kier molecular flexibility index (Phi) is 4.20. The molecule has 0 unspecified atom stereocenters. The van der Waals surface area contributed by atoms with Gasteiger partial charge < -0.3 is 10.5 Å². The number of thiophene rings is 1. The van der Waals surface area contributed by atoms with E-state index >= 15 is 0 Å². The minimum Gasteiger partial charge on any atom is -0.494 e. The Labute approximate surface area is 114 Å². The van der Waals surface area contributed by atoms with Crippen LogP contribution in [0.15, 0.2) is 40.2 Å². The minimum absolute atomic E-state index is 0.131. The van der Waals surface area contributed by atoms with Crippen molar-refractivity contribution < 1.29 is 4.74 Å². The predicted molar refractivity (Wildman–Crippen MR) is 75.7 cm³/mol. The van der Waals surface area contributed by atoms with Crippen molar-refractivity contribution in [3.05, 3.63) is 50.6 Å². The van der Waals surface area contributed by atoms with Gasteiger partial charge in [-0.3, -0.25) is 0 Å². The third-order valence-electron chi connectivity index (χ3n) is 2.46. The molecule has 4 heteroatoms. The lowest BCUT2D eigenvalue weighted by atomic mass is 10.1. The van der Waals surface area contributed by atoms with Gasteiger partial charge in [0.1, 0.15) is 5.75 Å². The van der Waals surface area contributed by atoms with Crippen molar-refractivity contribution in [3.63, 3.8) is 0 Å². The molecule has 2 nitrogen and oxygen atoms in total. The Morgan fingerprint density at radius 1 is 1.41 bits per heavy atom. The summed E-state index contributed by atoms with van der Waals surface area (Å²) in [7, 11) is 0. The van der Waals surface area contributed by atoms with Crippen molar-refractivity contribution in [3.8, 4) is 5.75 Å². The molecule has 1 atom stereocenters. The van der Waals surface area contributed by atoms with E-state index in [1.807, 2.05) is 42.6 Å². The minimum atomic E-state index is -0.131. The number of benzene rings is 1. The fourth-order valence-corrected chi connectivity index (χ4v) is 2.79. The number of ether oxygens (including phenoxy) is 1. The topological polar surface area (TPSA) is 35.2 Å². The average Bonchev–Trinajstić information content (AvgIpc) is 2.84. The highest BCUT2D eigenvalue weighted by Crippen LogP contribution is 2.32. The van der Waals surface area contributed by atoms with E-state index in [4.69, 9.17) is 10.5 Å². The zero-order valence-electron chi connectivity index (χ0n) is 9.52. The monoisotopic (exact) mass is 311 g/mol. The number of halogens is 1. The Morgan fingerprint density at radius 2 is 2.24 bits per heavy atom. The Balaban J connectivity index is 2.38. The van der Waals surface area contributed by atoms with Crippen LogP contribution in [0.3, 0.4) is 0 Å². The number of hydrogen-bond donors (Lipinski definition) is 1. The zero-order chi connectivity index (χ0) is 12.3. The summed E-state index contributed by atoms with van der Waals surface area (Å²) < 4.78 is 6.63. The first-order valence-electron chi connectivity index (χ1n) is 5.43. The van der Waals surface area contributed by atoms with Crippen LogP contribution < -0.4 is 10.5 Å². The lowest BCUT2D eigenvalue weighted by molar-refractivity contribution is 0.335. The van der Waals surface area contributed by atoms with Gasteiger partial charge in [0, 0.05) is 14.9 Å². The van der Waals surface area contributed by atoms with Crippen molar-refractivity contribution in [1.29, 1.82) is 0 Å². The van der Waals surface area contributed by atoms with E-state index < -0.39 is 0 Å². The molecule has 1 heterocycles. The van der Waals surface area contributed by atoms with E-state index in [-0.39, 0.29) is 6.04 Å². The molecular formula is C13H14BrNOS. The first-order valence-corrected chi connectivity index (χ1v) is 7.11. The standard InChI is InChI=1S/C13H14BrNOS/c1-2-16-11-6-5-9(14)8-10(11)13(15)12-4-3-7-17-12/h3-8,13H,2,15H2,1H3/t13-/m0/s1. The highest BCUT2D eigenvalue weighted by molar-refractivity contribution is 9.10. The van der Waals surface area contributed by atoms with Crippen molar-refractivity contribution in [2.24, 2.45) is 5.73 Å². The molecule has 2 N–H and O–H groups in total. The maximum absolute atomic E-state index is 6.27. The van der Waals surface area contributed by atoms with Crippen molar-refractivity contribution in [2.75, 3.05) is 6.61 Å². The van der Waals surface area contributed by atoms with E-state index in [0.717, 1.165) is 20.7 Å². The van der Waals surface area contributed by atoms with Crippen LogP contribution in [-0.4, -0.2) is 6.61 Å². The smallest absolute Gasteiger partial charge is 0.124 e. The first-order chi connectivity index (χ1) is 8.22. The SMILES string of the molecule is CCOc1ccc(Br)cc1[C@H](N)c1cccs1. The Bertz CT molecular complexity index is 484. The van der Waals surface area contributed by atoms with Gasteiger partial charge in [0.25, 0.3) is 0 Å². The molecule has 0 saturated heterocycles. The van der Waals surface area contributed by atoms with E-state index in [0.29, 0.717) is 6.61 Å². The molecule has 2 rings (SSSR count). The molecule has 90 valence electrons. The third-order valence-corrected chi connectivity index (χ3v) is 3.91. The van der Waals surface area contributed by atoms with Crippen LogP contribution >= 0.6 is 27.3 Å². The van der Waals surface area contributed by atoms with Gasteiger partial charge in [-0.2, -0.15) is 0 Å². The molecule has 1 aromatic heterocycles. The lowest BCUT2D eigenvalue weighted by Crippen LogP contribution is -2.12. The summed E-state index contributed by atoms with van der Waals surface area (Å²) in [5.74, 6) is 0.858. The zero-order valence-corrected chi connectivity index (χ0v) is 11.9. The summed E-state index contributed by atoms with van der Waals surface area (Å²) in [5.41, 5.74) is 7.29. The third kappa shape index (κ3) is 2.89. The van der Waals surface area contributed by atoms with E-state index in [1.54, 1.807) is 11.3 Å². The van der Waals surface area contributed by atoms with Crippen molar-refractivity contribution >= 4 is 27.3 Å². The van der Waals surface area contributed by atoms with Gasteiger partial charge in [0.05, 0.1) is 12.6 Å². The van der Waals surface area contributed by atoms with E-state index in [2.05, 4.69) is 15.9 Å². The molecule has 0 bridgehead atoms. The Hall–Kier alpha value is -0.840. The second-order valence-corrected chi connectivity index (χ2v) is 5.50. The van der Waals surface area contributed by atoms with Crippen molar-refractivity contribution in [1.82, 2.24) is 0 Å². The van der Waals surface area contributed by atoms with Gasteiger partial charge in [0.15, 0.2) is 0 Å². The fraction of sp³-hybridized carbons (Fsp3) is 0.231. The lowest BCUT2D eigenvalue weighted by Gasteiger charge is -2.15. The summed E-state index contributed by atoms with van der Waals surface area (Å²) in [6.45, 7) is 2.62. The normalized spacial score (nSPS) is 12.4. The highest BCUT2D eigenvalue weighted by atomic mass is 79.9. The van der Waals surface area contributed by atoms with Crippen LogP contribution in [0.1, 0.15) is 23.4 Å². The quantitative estimate of drug-likeness (QED) is 0.927. The van der Waals surface area contributed by atoms with Crippen LogP contribution in [0.25, 0.3) is 0 Å². The summed E-state index contributed by atoms with van der Waals surface area (Å²) >= 11 is 5.13. The molecule has 2 aromatic rings. The maximum Gasteiger partial charge on any atom is 0.124 e. The van der Waals surface area contributed by atoms with E-state index in [9.17, 15) is 0 Å². The van der Waals surface area contributed by atoms with Crippen LogP contribution in [0, 0.1) is 0 Å². The van der Waals surface area contributed by atoms with Gasteiger partial charge in [-0.05, 0) is 36.6 Å². The Morgan fingerprint density at radius 3 is 2.88 bits per heavy atom. The van der Waals surface area contributed by atoms with Crippen LogP contribution in [0.5, 0.6) is 5.75 Å². The summed E-state index contributed by atoms with van der Waals surface area (Å²) in [5, 5.41) is 2.04. The second kappa shape index (κ2) is 5.67. The predicted octanol–water partition coefficient (Wildman–Crippen LogP) is 3.96. The molecule has 0 amide bonds. The molecule has 0 saturated carbocycles. The summed E-state index contributed by atoms with van der Waals surface area (Å²) in [6, 6.07) is 9.88. The number of rotatable bonds is 4. The van der Waals surface area contributed by atoms with Crippen LogP contribution in [0.4, 0.5) is 0 Å². The molecule has 0 radical (unpaired) electrons. The largest absolute Gasteiger partial charge is 0.494 e. The van der Waals surface area contributed by atoms with Gasteiger partial charge in [-0.1, -0.05) is 22.0 Å². The highest BCUT2D eigenvalue weighted by Gasteiger charge is 2.15. The van der Waals surface area contributed by atoms with E-state index in [1.165, 1.54) is 0 Å². The first kappa shape index (κ1) is 12.6. The van der Waals surface area contributed by atoms with Gasteiger partial charge >= 0.3 is 0 Å². The van der Waals surface area contributed by atoms with Crippen LogP contribution in [-0.2, 0) is 0 Å². The molecule has 0 aliphatic carbocycles. The molecule has 17 heavy (non-hydrogen) atoms. The summed E-state index contributed by atoms with van der Waals surface area (Å²) in [4.78, 5) is 1.14. The van der Waals surface area contributed by atoms with Crippen molar-refractivity contribution in [2.45, 2.75) is 13.0 Å². The molecule has 0 aliphatic rings. The fourth-order valence-electron chi connectivity index (χ4n) is 1.67. The molecular weight excluding hydrogens is 298 g/mol. The van der Waals surface area contributed by atoms with Crippen LogP contribution in [0.2, 0.25) is 0 Å². The van der Waals surface area contributed by atoms with Gasteiger partial charge in [-0.15, -0.1) is 11.3 Å².